The molecule has 24 heavy (non-hydrogen) atoms. The summed E-state index contributed by atoms with van der Waals surface area (Å²) in [6, 6.07) is 4.40. The first-order chi connectivity index (χ1) is 11.2. The van der Waals surface area contributed by atoms with Crippen LogP contribution in [-0.4, -0.2) is 50.3 Å². The predicted molar refractivity (Wildman–Crippen MR) is 79.7 cm³/mol. The fraction of sp³-hybridized carbons (Fsp3) is 0.167. The zero-order valence-electron chi connectivity index (χ0n) is 12.1. The quantitative estimate of drug-likeness (QED) is 0.348. The molecule has 0 spiro atoms. The van der Waals surface area contributed by atoms with Crippen molar-refractivity contribution in [2.24, 2.45) is 5.73 Å². The lowest BCUT2D eigenvalue weighted by molar-refractivity contribution is -0.138. The number of hydrogen-bond donors (Lipinski definition) is 5. The number of hydrogen-bond acceptors (Lipinski definition) is 7. The first-order valence-corrected chi connectivity index (χ1v) is 7.82. The van der Waals surface area contributed by atoms with Crippen LogP contribution in [0.4, 0.5) is 5.69 Å². The first-order valence-electron chi connectivity index (χ1n) is 6.34. The van der Waals surface area contributed by atoms with E-state index in [1.165, 1.54) is 4.72 Å². The van der Waals surface area contributed by atoms with Crippen molar-refractivity contribution in [3.8, 4) is 0 Å². The maximum Gasteiger partial charge on any atom is 0.322 e. The van der Waals surface area contributed by atoms with E-state index in [-0.39, 0.29) is 17.1 Å². The van der Waals surface area contributed by atoms with Gasteiger partial charge in [-0.15, -0.1) is 0 Å². The van der Waals surface area contributed by atoms with Crippen LogP contribution >= 0.6 is 0 Å². The Morgan fingerprint density at radius 1 is 1.00 bits per heavy atom. The third-order valence-corrected chi connectivity index (χ3v) is 3.82. The number of aliphatic hydroxyl groups excluding tert-OH is 1. The maximum atomic E-state index is 11.9. The summed E-state index contributed by atoms with van der Waals surface area (Å²) in [6.45, 7) is -0.620. The Morgan fingerprint density at radius 2 is 1.58 bits per heavy atom. The minimum Gasteiger partial charge on any atom is -0.395 e. The number of sulfonamides is 1. The third-order valence-electron chi connectivity index (χ3n) is 2.48. The van der Waals surface area contributed by atoms with Gasteiger partial charge in [-0.1, -0.05) is 0 Å². The molecular formula is C12H14N4O7S. The average Bonchev–Trinajstić information content (AvgIpc) is 2.52. The molecule has 1 aromatic carbocycles. The number of anilines is 1. The number of nitrogens with two attached hydrogens (primary N) is 1. The largest absolute Gasteiger partial charge is 0.395 e. The van der Waals surface area contributed by atoms with Gasteiger partial charge in [0, 0.05) is 12.2 Å². The van der Waals surface area contributed by atoms with Gasteiger partial charge in [0.2, 0.25) is 0 Å². The molecular weight excluding hydrogens is 344 g/mol. The van der Waals surface area contributed by atoms with Crippen molar-refractivity contribution in [2.75, 3.05) is 18.5 Å². The summed E-state index contributed by atoms with van der Waals surface area (Å²) in [5, 5.41) is 12.6. The molecule has 0 aliphatic heterocycles. The van der Waals surface area contributed by atoms with Crippen molar-refractivity contribution < 1.29 is 32.7 Å². The highest BCUT2D eigenvalue weighted by Gasteiger charge is 2.22. The Bertz CT molecular complexity index is 758. The van der Waals surface area contributed by atoms with Gasteiger partial charge in [0.25, 0.3) is 10.0 Å². The number of benzene rings is 1. The average molecular weight is 358 g/mol. The van der Waals surface area contributed by atoms with E-state index in [9.17, 15) is 27.6 Å². The number of carbonyl (C=O) groups is 4. The van der Waals surface area contributed by atoms with E-state index >= 15 is 0 Å². The van der Waals surface area contributed by atoms with Crippen LogP contribution in [0, 0.1) is 0 Å². The second-order valence-corrected chi connectivity index (χ2v) is 5.94. The van der Waals surface area contributed by atoms with Crippen molar-refractivity contribution in [3.63, 3.8) is 0 Å². The number of primary amides is 1. The van der Waals surface area contributed by atoms with Crippen LogP contribution in [0.5, 0.6) is 0 Å². The number of carbonyl (C=O) groups excluding carboxylic acids is 4. The molecule has 0 aromatic heterocycles. The molecule has 11 nitrogen and oxygen atoms in total. The number of nitrogens with one attached hydrogen (secondary N) is 3. The summed E-state index contributed by atoms with van der Waals surface area (Å²) in [7, 11) is -4.32. The molecule has 6 N–H and O–H groups in total. The van der Waals surface area contributed by atoms with Crippen LogP contribution in [-0.2, 0) is 29.2 Å². The highest BCUT2D eigenvalue weighted by atomic mass is 32.2. The predicted octanol–water partition coefficient (Wildman–Crippen LogP) is -2.98. The van der Waals surface area contributed by atoms with Crippen LogP contribution in [0.2, 0.25) is 0 Å². The summed E-state index contributed by atoms with van der Waals surface area (Å²) in [6.07, 6.45) is 0. The summed E-state index contributed by atoms with van der Waals surface area (Å²) in [5.41, 5.74) is 4.85. The molecule has 0 radical (unpaired) electrons. The maximum absolute atomic E-state index is 11.9. The van der Waals surface area contributed by atoms with Crippen LogP contribution in [0.15, 0.2) is 29.2 Å². The molecule has 4 amide bonds. The zero-order valence-corrected chi connectivity index (χ0v) is 12.9. The smallest absolute Gasteiger partial charge is 0.322 e. The Labute approximate surface area is 136 Å². The second-order valence-electron chi connectivity index (χ2n) is 4.26. The van der Waals surface area contributed by atoms with E-state index in [2.05, 4.69) is 5.32 Å². The lowest BCUT2D eigenvalue weighted by Gasteiger charge is -2.08. The molecule has 130 valence electrons. The first kappa shape index (κ1) is 19.1. The molecule has 0 aliphatic rings. The van der Waals surface area contributed by atoms with Crippen molar-refractivity contribution in [1.82, 2.24) is 10.0 Å². The number of rotatable bonds is 5. The molecule has 0 saturated carbocycles. The molecule has 1 aromatic rings. The van der Waals surface area contributed by atoms with Gasteiger partial charge in [-0.05, 0) is 24.3 Å². The van der Waals surface area contributed by atoms with Gasteiger partial charge in [0.05, 0.1) is 11.5 Å². The summed E-state index contributed by atoms with van der Waals surface area (Å²) >= 11 is 0. The Morgan fingerprint density at radius 3 is 2.08 bits per heavy atom. The van der Waals surface area contributed by atoms with Crippen LogP contribution in [0.1, 0.15) is 0 Å². The summed E-state index contributed by atoms with van der Waals surface area (Å²) in [4.78, 5) is 44.0. The minimum atomic E-state index is -4.32. The van der Waals surface area contributed by atoms with E-state index in [0.29, 0.717) is 0 Å². The monoisotopic (exact) mass is 358 g/mol. The van der Waals surface area contributed by atoms with E-state index in [0.717, 1.165) is 24.3 Å². The number of aliphatic hydroxyl groups is 1. The van der Waals surface area contributed by atoms with Gasteiger partial charge < -0.3 is 21.5 Å². The standard InChI is InChI=1S/C12H14N4O7S/c13-9(18)10(19)15-7-1-3-8(4-2-7)24(22,23)16-12(21)11(20)14-5-6-17/h1-4,17H,5-6H2,(H2,13,18)(H,14,20)(H,15,19)(H,16,21). The Kier molecular flexibility index (Phi) is 6.38. The highest BCUT2D eigenvalue weighted by molar-refractivity contribution is 7.90. The molecule has 0 atom stereocenters. The molecule has 0 fully saturated rings. The van der Waals surface area contributed by atoms with Gasteiger partial charge in [0.15, 0.2) is 0 Å². The molecule has 0 bridgehead atoms. The lowest BCUT2D eigenvalue weighted by atomic mass is 10.3. The number of amides is 4. The molecule has 0 unspecified atom stereocenters. The van der Waals surface area contributed by atoms with Crippen molar-refractivity contribution in [2.45, 2.75) is 4.90 Å². The lowest BCUT2D eigenvalue weighted by Crippen LogP contribution is -2.43. The van der Waals surface area contributed by atoms with Gasteiger partial charge in [-0.2, -0.15) is 0 Å². The fourth-order valence-corrected chi connectivity index (χ4v) is 2.34. The molecule has 12 heteroatoms. The third kappa shape index (κ3) is 5.33. The van der Waals surface area contributed by atoms with Gasteiger partial charge in [0.1, 0.15) is 0 Å². The van der Waals surface area contributed by atoms with Crippen molar-refractivity contribution in [1.29, 1.82) is 0 Å². The Hall–Kier alpha value is -2.99. The summed E-state index contributed by atoms with van der Waals surface area (Å²) < 4.78 is 25.4. The summed E-state index contributed by atoms with van der Waals surface area (Å²) in [5.74, 6) is -4.94. The van der Waals surface area contributed by atoms with E-state index in [1.807, 2.05) is 5.32 Å². The van der Waals surface area contributed by atoms with Gasteiger partial charge in [-0.25, -0.2) is 13.1 Å². The molecule has 0 aliphatic carbocycles. The van der Waals surface area contributed by atoms with Gasteiger partial charge >= 0.3 is 23.6 Å². The van der Waals surface area contributed by atoms with E-state index in [4.69, 9.17) is 10.8 Å². The Balaban J connectivity index is 2.81. The molecule has 0 saturated heterocycles. The SMILES string of the molecule is NC(=O)C(=O)Nc1ccc(S(=O)(=O)NC(=O)C(=O)NCCO)cc1. The molecule has 1 rings (SSSR count). The molecule has 0 heterocycles. The van der Waals surface area contributed by atoms with Crippen LogP contribution in [0.25, 0.3) is 0 Å². The topological polar surface area (TPSA) is 185 Å². The van der Waals surface area contributed by atoms with E-state index < -0.39 is 40.3 Å². The second kappa shape index (κ2) is 8.03. The van der Waals surface area contributed by atoms with E-state index in [1.54, 1.807) is 0 Å². The van der Waals surface area contributed by atoms with Crippen molar-refractivity contribution >= 4 is 39.3 Å². The normalized spacial score (nSPS) is 10.5. The van der Waals surface area contributed by atoms with Crippen LogP contribution in [0.3, 0.4) is 0 Å². The fourth-order valence-electron chi connectivity index (χ4n) is 1.39. The van der Waals surface area contributed by atoms with Gasteiger partial charge in [-0.3, -0.25) is 19.2 Å². The van der Waals surface area contributed by atoms with Crippen LogP contribution < -0.4 is 21.1 Å². The highest BCUT2D eigenvalue weighted by Crippen LogP contribution is 2.13. The minimum absolute atomic E-state index is 0.102. The van der Waals surface area contributed by atoms with Crippen molar-refractivity contribution in [3.05, 3.63) is 24.3 Å². The zero-order chi connectivity index (χ0) is 18.3.